The van der Waals surface area contributed by atoms with E-state index in [1.807, 2.05) is 31.2 Å². The van der Waals surface area contributed by atoms with Crippen molar-refractivity contribution in [1.29, 1.82) is 0 Å². The van der Waals surface area contributed by atoms with Gasteiger partial charge in [0.15, 0.2) is 0 Å². The van der Waals surface area contributed by atoms with Gasteiger partial charge < -0.3 is 5.32 Å². The number of carbonyl (C=O) groups excluding carboxylic acids is 1. The number of benzene rings is 1. The molecule has 1 amide bonds. The highest BCUT2D eigenvalue weighted by molar-refractivity contribution is 5.95. The quantitative estimate of drug-likeness (QED) is 0.902. The summed E-state index contributed by atoms with van der Waals surface area (Å²) in [5, 5.41) is 3.14. The van der Waals surface area contributed by atoms with Gasteiger partial charge in [0.2, 0.25) is 0 Å². The van der Waals surface area contributed by atoms with E-state index in [0.29, 0.717) is 12.0 Å². The van der Waals surface area contributed by atoms with Gasteiger partial charge in [-0.2, -0.15) is 0 Å². The summed E-state index contributed by atoms with van der Waals surface area (Å²) in [5.74, 6) is 0.607. The third-order valence-electron chi connectivity index (χ3n) is 4.49. The molecule has 1 unspecified atom stereocenters. The number of hydrogen-bond acceptors (Lipinski definition) is 2. The van der Waals surface area contributed by atoms with E-state index >= 15 is 0 Å². The second-order valence-corrected chi connectivity index (χ2v) is 6.43. The van der Waals surface area contributed by atoms with Crippen molar-refractivity contribution in [2.75, 3.05) is 19.6 Å². The van der Waals surface area contributed by atoms with Gasteiger partial charge in [0, 0.05) is 18.2 Å². The molecule has 1 heterocycles. The standard InChI is InChI=1S/C18H28N2O/c1-14(2)17(20-11-7-4-8-12-20)13-19-18(21)16-10-6-5-9-15(16)3/h5-6,9-10,14,17H,4,7-8,11-13H2,1-3H3,(H,19,21). The van der Waals surface area contributed by atoms with Gasteiger partial charge in [-0.25, -0.2) is 0 Å². The first-order valence-corrected chi connectivity index (χ1v) is 8.17. The lowest BCUT2D eigenvalue weighted by Crippen LogP contribution is -2.48. The molecule has 1 N–H and O–H groups in total. The Balaban J connectivity index is 1.95. The molecule has 0 spiro atoms. The Bertz CT molecular complexity index is 464. The van der Waals surface area contributed by atoms with Gasteiger partial charge in [-0.15, -0.1) is 0 Å². The monoisotopic (exact) mass is 288 g/mol. The molecule has 1 fully saturated rings. The molecule has 3 heteroatoms. The molecular formula is C18H28N2O. The lowest BCUT2D eigenvalue weighted by Gasteiger charge is -2.37. The zero-order valence-corrected chi connectivity index (χ0v) is 13.6. The number of hydrogen-bond donors (Lipinski definition) is 1. The van der Waals surface area contributed by atoms with Crippen LogP contribution in [0.2, 0.25) is 0 Å². The van der Waals surface area contributed by atoms with E-state index in [1.54, 1.807) is 0 Å². The van der Waals surface area contributed by atoms with Crippen LogP contribution in [0.4, 0.5) is 0 Å². The molecule has 1 aromatic rings. The van der Waals surface area contributed by atoms with Gasteiger partial charge in [-0.1, -0.05) is 38.5 Å². The fourth-order valence-corrected chi connectivity index (χ4v) is 3.16. The molecule has 0 aliphatic carbocycles. The average Bonchev–Trinajstić information content (AvgIpc) is 2.48. The second-order valence-electron chi connectivity index (χ2n) is 6.43. The fraction of sp³-hybridized carbons (Fsp3) is 0.611. The molecule has 1 aromatic carbocycles. The molecule has 116 valence electrons. The van der Waals surface area contributed by atoms with Crippen molar-refractivity contribution in [2.45, 2.75) is 46.1 Å². The van der Waals surface area contributed by atoms with E-state index in [0.717, 1.165) is 17.7 Å². The zero-order chi connectivity index (χ0) is 15.2. The summed E-state index contributed by atoms with van der Waals surface area (Å²) in [6, 6.07) is 8.22. The summed E-state index contributed by atoms with van der Waals surface area (Å²) in [6.07, 6.45) is 3.92. The molecule has 1 aliphatic rings. The van der Waals surface area contributed by atoms with Gasteiger partial charge in [0.1, 0.15) is 0 Å². The van der Waals surface area contributed by atoms with Gasteiger partial charge in [-0.05, 0) is 50.4 Å². The van der Waals surface area contributed by atoms with E-state index in [1.165, 1.54) is 32.4 Å². The average molecular weight is 288 g/mol. The van der Waals surface area contributed by atoms with Crippen LogP contribution in [0.3, 0.4) is 0 Å². The zero-order valence-electron chi connectivity index (χ0n) is 13.6. The topological polar surface area (TPSA) is 32.3 Å². The summed E-state index contributed by atoms with van der Waals surface area (Å²) >= 11 is 0. The van der Waals surface area contributed by atoms with Crippen LogP contribution in [0, 0.1) is 12.8 Å². The highest BCUT2D eigenvalue weighted by Gasteiger charge is 2.24. The largest absolute Gasteiger partial charge is 0.350 e. The van der Waals surface area contributed by atoms with Crippen molar-refractivity contribution < 1.29 is 4.79 Å². The maximum Gasteiger partial charge on any atom is 0.251 e. The van der Waals surface area contributed by atoms with Crippen LogP contribution in [-0.2, 0) is 0 Å². The van der Waals surface area contributed by atoms with Crippen molar-refractivity contribution in [3.05, 3.63) is 35.4 Å². The van der Waals surface area contributed by atoms with E-state index in [9.17, 15) is 4.79 Å². The Morgan fingerprint density at radius 2 is 1.86 bits per heavy atom. The van der Waals surface area contributed by atoms with Crippen molar-refractivity contribution >= 4 is 5.91 Å². The summed E-state index contributed by atoms with van der Waals surface area (Å²) in [6.45, 7) is 9.56. The number of likely N-dealkylation sites (tertiary alicyclic amines) is 1. The second kappa shape index (κ2) is 7.60. The number of nitrogens with zero attached hydrogens (tertiary/aromatic N) is 1. The van der Waals surface area contributed by atoms with Gasteiger partial charge in [-0.3, -0.25) is 9.69 Å². The normalized spacial score (nSPS) is 17.7. The van der Waals surface area contributed by atoms with Gasteiger partial charge >= 0.3 is 0 Å². The Labute approximate surface area is 128 Å². The molecule has 1 saturated heterocycles. The lowest BCUT2D eigenvalue weighted by atomic mass is 9.99. The molecular weight excluding hydrogens is 260 g/mol. The molecule has 21 heavy (non-hydrogen) atoms. The Morgan fingerprint density at radius 1 is 1.19 bits per heavy atom. The van der Waals surface area contributed by atoms with Crippen LogP contribution in [0.25, 0.3) is 0 Å². The maximum absolute atomic E-state index is 12.3. The van der Waals surface area contributed by atoms with Gasteiger partial charge in [0.05, 0.1) is 0 Å². The minimum atomic E-state index is 0.0516. The van der Waals surface area contributed by atoms with E-state index in [2.05, 4.69) is 24.1 Å². The molecule has 2 rings (SSSR count). The smallest absolute Gasteiger partial charge is 0.251 e. The van der Waals surface area contributed by atoms with Crippen LogP contribution in [0.1, 0.15) is 49.0 Å². The molecule has 0 bridgehead atoms. The molecule has 0 aromatic heterocycles. The molecule has 0 saturated carbocycles. The number of piperidine rings is 1. The highest BCUT2D eigenvalue weighted by atomic mass is 16.1. The minimum absolute atomic E-state index is 0.0516. The van der Waals surface area contributed by atoms with Crippen LogP contribution in [0.15, 0.2) is 24.3 Å². The van der Waals surface area contributed by atoms with Crippen molar-refractivity contribution in [1.82, 2.24) is 10.2 Å². The van der Waals surface area contributed by atoms with Crippen LogP contribution in [-0.4, -0.2) is 36.5 Å². The van der Waals surface area contributed by atoms with Crippen molar-refractivity contribution in [3.8, 4) is 0 Å². The minimum Gasteiger partial charge on any atom is -0.350 e. The van der Waals surface area contributed by atoms with Crippen LogP contribution >= 0.6 is 0 Å². The summed E-state index contributed by atoms with van der Waals surface area (Å²) in [7, 11) is 0. The van der Waals surface area contributed by atoms with Crippen molar-refractivity contribution in [2.24, 2.45) is 5.92 Å². The Hall–Kier alpha value is -1.35. The Morgan fingerprint density at radius 3 is 2.48 bits per heavy atom. The first kappa shape index (κ1) is 16.0. The number of rotatable bonds is 5. The van der Waals surface area contributed by atoms with Crippen molar-refractivity contribution in [3.63, 3.8) is 0 Å². The predicted molar refractivity (Wildman–Crippen MR) is 87.6 cm³/mol. The van der Waals surface area contributed by atoms with E-state index < -0.39 is 0 Å². The first-order chi connectivity index (χ1) is 10.1. The summed E-state index contributed by atoms with van der Waals surface area (Å²) < 4.78 is 0. The summed E-state index contributed by atoms with van der Waals surface area (Å²) in [4.78, 5) is 14.9. The van der Waals surface area contributed by atoms with Crippen LogP contribution < -0.4 is 5.32 Å². The van der Waals surface area contributed by atoms with E-state index in [4.69, 9.17) is 0 Å². The molecule has 0 radical (unpaired) electrons. The molecule has 1 aliphatic heterocycles. The highest BCUT2D eigenvalue weighted by Crippen LogP contribution is 2.17. The fourth-order valence-electron chi connectivity index (χ4n) is 3.16. The first-order valence-electron chi connectivity index (χ1n) is 8.17. The maximum atomic E-state index is 12.3. The predicted octanol–water partition coefficient (Wildman–Crippen LogP) is 3.24. The number of amides is 1. The number of aryl methyl sites for hydroxylation is 1. The third-order valence-corrected chi connectivity index (χ3v) is 4.49. The molecule has 3 nitrogen and oxygen atoms in total. The SMILES string of the molecule is Cc1ccccc1C(=O)NCC(C(C)C)N1CCCCC1. The lowest BCUT2D eigenvalue weighted by molar-refractivity contribution is 0.0895. The summed E-state index contributed by atoms with van der Waals surface area (Å²) in [5.41, 5.74) is 1.83. The number of carbonyl (C=O) groups is 1. The molecule has 1 atom stereocenters. The third kappa shape index (κ3) is 4.31. The van der Waals surface area contributed by atoms with Crippen LogP contribution in [0.5, 0.6) is 0 Å². The Kier molecular flexibility index (Phi) is 5.80. The van der Waals surface area contributed by atoms with E-state index in [-0.39, 0.29) is 5.91 Å². The number of nitrogens with one attached hydrogen (secondary N) is 1. The van der Waals surface area contributed by atoms with Gasteiger partial charge in [0.25, 0.3) is 5.91 Å².